The summed E-state index contributed by atoms with van der Waals surface area (Å²) in [5.74, 6) is 0. The maximum absolute atomic E-state index is 12.0. The number of nitrogens with zero attached hydrogens (tertiary/aromatic N) is 1. The number of alkyl carbamates (subject to hydrolysis) is 1. The zero-order chi connectivity index (χ0) is 15.2. The molecule has 0 aromatic rings. The predicted octanol–water partition coefficient (Wildman–Crippen LogP) is 2.10. The molecule has 0 unspecified atom stereocenters. The lowest BCUT2D eigenvalue weighted by molar-refractivity contribution is 0.0528. The Morgan fingerprint density at radius 1 is 1.20 bits per heavy atom. The highest BCUT2D eigenvalue weighted by Crippen LogP contribution is 2.15. The standard InChI is InChI=1S/C14H27N3O3/c1-11-7-5-6-10-17(11)12(18)15-8-9-16-13(19)20-14(2,3)4/h11H,5-10H2,1-4H3,(H,15,18)(H,16,19)/t11-/m0/s1. The zero-order valence-corrected chi connectivity index (χ0v) is 13.0. The molecule has 2 N–H and O–H groups in total. The summed E-state index contributed by atoms with van der Waals surface area (Å²) in [6, 6.07) is 0.241. The molecule has 1 aliphatic heterocycles. The molecule has 116 valence electrons. The van der Waals surface area contributed by atoms with Gasteiger partial charge in [0.2, 0.25) is 0 Å². The molecule has 0 aromatic carbocycles. The van der Waals surface area contributed by atoms with Gasteiger partial charge < -0.3 is 20.3 Å². The van der Waals surface area contributed by atoms with E-state index in [1.54, 1.807) is 0 Å². The van der Waals surface area contributed by atoms with Crippen LogP contribution in [0.4, 0.5) is 9.59 Å². The first-order chi connectivity index (χ1) is 9.29. The Morgan fingerprint density at radius 3 is 2.45 bits per heavy atom. The topological polar surface area (TPSA) is 70.7 Å². The van der Waals surface area contributed by atoms with Crippen LogP contribution in [0.3, 0.4) is 0 Å². The molecule has 3 amide bonds. The van der Waals surface area contributed by atoms with Crippen LogP contribution >= 0.6 is 0 Å². The van der Waals surface area contributed by atoms with Gasteiger partial charge in [0.1, 0.15) is 5.60 Å². The van der Waals surface area contributed by atoms with E-state index in [2.05, 4.69) is 17.6 Å². The van der Waals surface area contributed by atoms with E-state index in [0.717, 1.165) is 19.4 Å². The second-order valence-electron chi connectivity index (χ2n) is 6.20. The Morgan fingerprint density at radius 2 is 1.85 bits per heavy atom. The average molecular weight is 285 g/mol. The molecule has 1 aliphatic rings. The number of ether oxygens (including phenoxy) is 1. The van der Waals surface area contributed by atoms with Crippen molar-refractivity contribution in [1.82, 2.24) is 15.5 Å². The second-order valence-corrected chi connectivity index (χ2v) is 6.20. The number of likely N-dealkylation sites (tertiary alicyclic amines) is 1. The molecule has 6 heteroatoms. The molecule has 0 aliphatic carbocycles. The first-order valence-electron chi connectivity index (χ1n) is 7.31. The Balaban J connectivity index is 2.17. The second kappa shape index (κ2) is 7.36. The number of piperidine rings is 1. The molecule has 0 bridgehead atoms. The largest absolute Gasteiger partial charge is 0.444 e. The maximum Gasteiger partial charge on any atom is 0.407 e. The predicted molar refractivity (Wildman–Crippen MR) is 77.7 cm³/mol. The van der Waals surface area contributed by atoms with E-state index in [0.29, 0.717) is 19.1 Å². The third-order valence-electron chi connectivity index (χ3n) is 3.13. The summed E-state index contributed by atoms with van der Waals surface area (Å²) in [5, 5.41) is 5.43. The minimum atomic E-state index is -0.503. The number of rotatable bonds is 3. The van der Waals surface area contributed by atoms with Crippen molar-refractivity contribution in [1.29, 1.82) is 0 Å². The van der Waals surface area contributed by atoms with E-state index in [-0.39, 0.29) is 6.03 Å². The monoisotopic (exact) mass is 285 g/mol. The normalized spacial score (nSPS) is 19.4. The smallest absolute Gasteiger partial charge is 0.407 e. The van der Waals surface area contributed by atoms with E-state index >= 15 is 0 Å². The lowest BCUT2D eigenvalue weighted by Crippen LogP contribution is -2.49. The van der Waals surface area contributed by atoms with E-state index in [9.17, 15) is 9.59 Å². The highest BCUT2D eigenvalue weighted by Gasteiger charge is 2.22. The molecule has 0 saturated carbocycles. The lowest BCUT2D eigenvalue weighted by atomic mass is 10.0. The summed E-state index contributed by atoms with van der Waals surface area (Å²) < 4.78 is 5.10. The summed E-state index contributed by atoms with van der Waals surface area (Å²) in [4.78, 5) is 25.2. The van der Waals surface area contributed by atoms with Gasteiger partial charge in [-0.25, -0.2) is 9.59 Å². The van der Waals surface area contributed by atoms with Gasteiger partial charge >= 0.3 is 12.1 Å². The average Bonchev–Trinajstić information content (AvgIpc) is 2.33. The van der Waals surface area contributed by atoms with Gasteiger partial charge in [0.25, 0.3) is 0 Å². The Labute approximate surface area is 121 Å². The van der Waals surface area contributed by atoms with Crippen LogP contribution in [-0.4, -0.2) is 48.3 Å². The van der Waals surface area contributed by atoms with E-state index in [4.69, 9.17) is 4.74 Å². The first-order valence-corrected chi connectivity index (χ1v) is 7.31. The zero-order valence-electron chi connectivity index (χ0n) is 13.0. The van der Waals surface area contributed by atoms with Gasteiger partial charge in [-0.1, -0.05) is 0 Å². The number of carbonyl (C=O) groups is 2. The fourth-order valence-electron chi connectivity index (χ4n) is 2.15. The Kier molecular flexibility index (Phi) is 6.10. The molecule has 1 saturated heterocycles. The molecule has 1 fully saturated rings. The van der Waals surface area contributed by atoms with Gasteiger partial charge in [0, 0.05) is 25.7 Å². The number of hydrogen-bond acceptors (Lipinski definition) is 3. The van der Waals surface area contributed by atoms with Crippen molar-refractivity contribution in [2.24, 2.45) is 0 Å². The number of carbonyl (C=O) groups excluding carboxylic acids is 2. The summed E-state index contributed by atoms with van der Waals surface area (Å²) in [5.41, 5.74) is -0.503. The van der Waals surface area contributed by atoms with Crippen molar-refractivity contribution in [2.75, 3.05) is 19.6 Å². The number of amides is 3. The minimum Gasteiger partial charge on any atom is -0.444 e. The quantitative estimate of drug-likeness (QED) is 0.780. The summed E-state index contributed by atoms with van der Waals surface area (Å²) in [6.07, 6.45) is 2.85. The van der Waals surface area contributed by atoms with Crippen LogP contribution in [0.1, 0.15) is 47.0 Å². The van der Waals surface area contributed by atoms with Crippen molar-refractivity contribution in [2.45, 2.75) is 58.6 Å². The van der Waals surface area contributed by atoms with Crippen molar-refractivity contribution in [3.8, 4) is 0 Å². The Bertz CT molecular complexity index is 339. The van der Waals surface area contributed by atoms with Crippen LogP contribution in [0.5, 0.6) is 0 Å². The maximum atomic E-state index is 12.0. The van der Waals surface area contributed by atoms with Crippen LogP contribution in [-0.2, 0) is 4.74 Å². The summed E-state index contributed by atoms with van der Waals surface area (Å²) >= 11 is 0. The SMILES string of the molecule is C[C@H]1CCCCN1C(=O)NCCNC(=O)OC(C)(C)C. The summed E-state index contributed by atoms with van der Waals surface area (Å²) in [7, 11) is 0. The fourth-order valence-corrected chi connectivity index (χ4v) is 2.15. The van der Waals surface area contributed by atoms with E-state index in [1.807, 2.05) is 25.7 Å². The number of hydrogen-bond donors (Lipinski definition) is 2. The van der Waals surface area contributed by atoms with Gasteiger partial charge in [-0.3, -0.25) is 0 Å². The van der Waals surface area contributed by atoms with Crippen molar-refractivity contribution < 1.29 is 14.3 Å². The van der Waals surface area contributed by atoms with Crippen molar-refractivity contribution in [3.63, 3.8) is 0 Å². The molecule has 0 aromatic heterocycles. The molecule has 1 heterocycles. The van der Waals surface area contributed by atoms with Crippen LogP contribution in [0, 0.1) is 0 Å². The number of urea groups is 1. The van der Waals surface area contributed by atoms with Crippen LogP contribution in [0.15, 0.2) is 0 Å². The molecular weight excluding hydrogens is 258 g/mol. The minimum absolute atomic E-state index is 0.0526. The van der Waals surface area contributed by atoms with Crippen LogP contribution < -0.4 is 10.6 Å². The van der Waals surface area contributed by atoms with E-state index < -0.39 is 11.7 Å². The van der Waals surface area contributed by atoms with E-state index in [1.165, 1.54) is 6.42 Å². The lowest BCUT2D eigenvalue weighted by Gasteiger charge is -2.33. The summed E-state index contributed by atoms with van der Waals surface area (Å²) in [6.45, 7) is 9.08. The van der Waals surface area contributed by atoms with Gasteiger partial charge in [0.05, 0.1) is 0 Å². The highest BCUT2D eigenvalue weighted by molar-refractivity contribution is 5.74. The molecular formula is C14H27N3O3. The third kappa shape index (κ3) is 6.12. The molecule has 1 atom stereocenters. The van der Waals surface area contributed by atoms with Gasteiger partial charge in [-0.05, 0) is 47.0 Å². The molecule has 1 rings (SSSR count). The van der Waals surface area contributed by atoms with Gasteiger partial charge in [-0.2, -0.15) is 0 Å². The molecule has 0 spiro atoms. The van der Waals surface area contributed by atoms with Gasteiger partial charge in [0.15, 0.2) is 0 Å². The molecule has 20 heavy (non-hydrogen) atoms. The first kappa shape index (κ1) is 16.6. The third-order valence-corrected chi connectivity index (χ3v) is 3.13. The van der Waals surface area contributed by atoms with Crippen molar-refractivity contribution >= 4 is 12.1 Å². The molecule has 6 nitrogen and oxygen atoms in total. The fraction of sp³-hybridized carbons (Fsp3) is 0.857. The number of nitrogens with one attached hydrogen (secondary N) is 2. The molecule has 0 radical (unpaired) electrons. The van der Waals surface area contributed by atoms with Crippen molar-refractivity contribution in [3.05, 3.63) is 0 Å². The van der Waals surface area contributed by atoms with Gasteiger partial charge in [-0.15, -0.1) is 0 Å². The van der Waals surface area contributed by atoms with Crippen LogP contribution in [0.25, 0.3) is 0 Å². The Hall–Kier alpha value is -1.46. The van der Waals surface area contributed by atoms with Crippen LogP contribution in [0.2, 0.25) is 0 Å². The highest BCUT2D eigenvalue weighted by atomic mass is 16.6.